The fourth-order valence-corrected chi connectivity index (χ4v) is 3.80. The number of rotatable bonds is 1. The van der Waals surface area contributed by atoms with E-state index in [9.17, 15) is 0 Å². The lowest BCUT2D eigenvalue weighted by molar-refractivity contribution is 0.0879. The van der Waals surface area contributed by atoms with Crippen LogP contribution in [0.15, 0.2) is 0 Å². The van der Waals surface area contributed by atoms with Gasteiger partial charge in [-0.3, -0.25) is 0 Å². The van der Waals surface area contributed by atoms with Crippen LogP contribution in [-0.2, 0) is 0 Å². The molecule has 2 aliphatic carbocycles. The van der Waals surface area contributed by atoms with Crippen LogP contribution >= 0.6 is 0 Å². The molecule has 0 heteroatoms. The predicted octanol–water partition coefficient (Wildman–Crippen LogP) is 3.86. The van der Waals surface area contributed by atoms with E-state index in [1.54, 1.807) is 6.42 Å². The van der Waals surface area contributed by atoms with Gasteiger partial charge in [-0.25, -0.2) is 0 Å². The molecular formula is C12H22. The Hall–Kier alpha value is 0. The van der Waals surface area contributed by atoms with Gasteiger partial charge in [-0.15, -0.1) is 0 Å². The largest absolute Gasteiger partial charge is 0.0648 e. The topological polar surface area (TPSA) is 0 Å². The van der Waals surface area contributed by atoms with Gasteiger partial charge < -0.3 is 0 Å². The molecule has 2 aliphatic rings. The lowest BCUT2D eigenvalue weighted by atomic mass is 9.64. The Labute approximate surface area is 76.7 Å². The van der Waals surface area contributed by atoms with Crippen molar-refractivity contribution >= 4 is 0 Å². The molecule has 0 saturated heterocycles. The molecule has 0 aliphatic heterocycles. The van der Waals surface area contributed by atoms with Crippen LogP contribution < -0.4 is 0 Å². The molecule has 12 heavy (non-hydrogen) atoms. The Kier molecular flexibility index (Phi) is 1.97. The summed E-state index contributed by atoms with van der Waals surface area (Å²) in [6, 6.07) is 0. The second-order valence-electron chi connectivity index (χ2n) is 5.33. The van der Waals surface area contributed by atoms with Gasteiger partial charge in [0, 0.05) is 0 Å². The van der Waals surface area contributed by atoms with Crippen LogP contribution in [-0.4, -0.2) is 0 Å². The van der Waals surface area contributed by atoms with Crippen molar-refractivity contribution in [2.75, 3.05) is 0 Å². The first-order valence-electron chi connectivity index (χ1n) is 5.68. The van der Waals surface area contributed by atoms with Crippen molar-refractivity contribution in [1.82, 2.24) is 0 Å². The smallest absolute Gasteiger partial charge is 0.0271 e. The zero-order valence-corrected chi connectivity index (χ0v) is 8.77. The summed E-state index contributed by atoms with van der Waals surface area (Å²) in [7, 11) is 0. The molecule has 4 atom stereocenters. The van der Waals surface area contributed by atoms with Crippen LogP contribution in [0.3, 0.4) is 0 Å². The average molecular weight is 166 g/mol. The first-order valence-corrected chi connectivity index (χ1v) is 5.68. The van der Waals surface area contributed by atoms with E-state index in [0.29, 0.717) is 0 Å². The maximum atomic E-state index is 2.49. The third kappa shape index (κ3) is 1.03. The van der Waals surface area contributed by atoms with Gasteiger partial charge in [-0.05, 0) is 48.9 Å². The molecule has 0 amide bonds. The van der Waals surface area contributed by atoms with E-state index in [-0.39, 0.29) is 0 Å². The Morgan fingerprint density at radius 3 is 2.75 bits per heavy atom. The van der Waals surface area contributed by atoms with Gasteiger partial charge in [0.25, 0.3) is 0 Å². The van der Waals surface area contributed by atoms with Crippen LogP contribution in [0, 0.1) is 23.2 Å². The van der Waals surface area contributed by atoms with Crippen LogP contribution in [0.5, 0.6) is 0 Å². The molecule has 70 valence electrons. The van der Waals surface area contributed by atoms with Gasteiger partial charge in [0.1, 0.15) is 0 Å². The van der Waals surface area contributed by atoms with Crippen molar-refractivity contribution in [2.45, 2.75) is 52.9 Å². The van der Waals surface area contributed by atoms with Crippen LogP contribution in [0.2, 0.25) is 0 Å². The van der Waals surface area contributed by atoms with E-state index < -0.39 is 0 Å². The molecule has 0 aromatic heterocycles. The highest BCUT2D eigenvalue weighted by atomic mass is 14.5. The van der Waals surface area contributed by atoms with E-state index in [1.807, 2.05) is 0 Å². The highest BCUT2D eigenvalue weighted by molar-refractivity contribution is 4.97. The molecule has 0 aromatic rings. The SMILES string of the molecule is CCC12CCC(C1)C(C)CC2C. The second kappa shape index (κ2) is 2.75. The van der Waals surface area contributed by atoms with Gasteiger partial charge in [0.15, 0.2) is 0 Å². The molecule has 0 nitrogen and oxygen atoms in total. The van der Waals surface area contributed by atoms with Gasteiger partial charge in [-0.2, -0.15) is 0 Å². The van der Waals surface area contributed by atoms with Gasteiger partial charge in [0.2, 0.25) is 0 Å². The van der Waals surface area contributed by atoms with Crippen LogP contribution in [0.4, 0.5) is 0 Å². The monoisotopic (exact) mass is 166 g/mol. The highest BCUT2D eigenvalue weighted by Crippen LogP contribution is 2.57. The molecular weight excluding hydrogens is 144 g/mol. The molecule has 0 aromatic carbocycles. The Balaban J connectivity index is 2.18. The maximum Gasteiger partial charge on any atom is -0.0271 e. The summed E-state index contributed by atoms with van der Waals surface area (Å²) in [5, 5.41) is 0. The minimum Gasteiger partial charge on any atom is -0.0648 e. The predicted molar refractivity (Wildman–Crippen MR) is 53.0 cm³/mol. The standard InChI is InChI=1S/C12H22/c1-4-12-6-5-11(8-12)9(2)7-10(12)3/h9-11H,4-8H2,1-3H3. The zero-order valence-electron chi connectivity index (χ0n) is 8.77. The minimum absolute atomic E-state index is 0.775. The molecule has 0 radical (unpaired) electrons. The van der Waals surface area contributed by atoms with E-state index in [0.717, 1.165) is 23.2 Å². The van der Waals surface area contributed by atoms with E-state index >= 15 is 0 Å². The molecule has 2 fully saturated rings. The Morgan fingerprint density at radius 2 is 2.08 bits per heavy atom. The summed E-state index contributed by atoms with van der Waals surface area (Å²) in [5.41, 5.74) is 0.775. The Morgan fingerprint density at radius 1 is 1.33 bits per heavy atom. The molecule has 2 bridgehead atoms. The first kappa shape index (κ1) is 8.59. The van der Waals surface area contributed by atoms with Gasteiger partial charge in [-0.1, -0.05) is 27.2 Å². The van der Waals surface area contributed by atoms with Crippen LogP contribution in [0.25, 0.3) is 0 Å². The maximum absolute atomic E-state index is 2.49. The average Bonchev–Trinajstić information content (AvgIpc) is 2.44. The summed E-state index contributed by atoms with van der Waals surface area (Å²) >= 11 is 0. The fourth-order valence-electron chi connectivity index (χ4n) is 3.80. The summed E-state index contributed by atoms with van der Waals surface area (Å²) < 4.78 is 0. The summed E-state index contributed by atoms with van der Waals surface area (Å²) in [6.45, 7) is 7.35. The Bertz CT molecular complexity index is 173. The summed E-state index contributed by atoms with van der Waals surface area (Å²) in [5.74, 6) is 3.10. The van der Waals surface area contributed by atoms with Crippen molar-refractivity contribution in [3.05, 3.63) is 0 Å². The molecule has 2 rings (SSSR count). The fraction of sp³-hybridized carbons (Fsp3) is 1.00. The third-order valence-electron chi connectivity index (χ3n) is 4.96. The molecule has 0 heterocycles. The van der Waals surface area contributed by atoms with Crippen molar-refractivity contribution in [3.8, 4) is 0 Å². The third-order valence-corrected chi connectivity index (χ3v) is 4.96. The van der Waals surface area contributed by atoms with Crippen molar-refractivity contribution in [2.24, 2.45) is 23.2 Å². The van der Waals surface area contributed by atoms with E-state index in [1.165, 1.54) is 25.7 Å². The van der Waals surface area contributed by atoms with Gasteiger partial charge >= 0.3 is 0 Å². The number of hydrogen-bond donors (Lipinski definition) is 0. The lowest BCUT2D eigenvalue weighted by Crippen LogP contribution is -2.32. The molecule has 2 saturated carbocycles. The van der Waals surface area contributed by atoms with Crippen molar-refractivity contribution < 1.29 is 0 Å². The summed E-state index contributed by atoms with van der Waals surface area (Å²) in [6.07, 6.45) is 7.53. The first-order chi connectivity index (χ1) is 5.68. The minimum atomic E-state index is 0.775. The lowest BCUT2D eigenvalue weighted by Gasteiger charge is -2.41. The molecule has 0 spiro atoms. The van der Waals surface area contributed by atoms with Gasteiger partial charge in [0.05, 0.1) is 0 Å². The van der Waals surface area contributed by atoms with Crippen molar-refractivity contribution in [3.63, 3.8) is 0 Å². The second-order valence-corrected chi connectivity index (χ2v) is 5.33. The highest BCUT2D eigenvalue weighted by Gasteiger charge is 2.47. The van der Waals surface area contributed by atoms with Crippen LogP contribution in [0.1, 0.15) is 52.9 Å². The summed E-state index contributed by atoms with van der Waals surface area (Å²) in [4.78, 5) is 0. The van der Waals surface area contributed by atoms with E-state index in [4.69, 9.17) is 0 Å². The quantitative estimate of drug-likeness (QED) is 0.555. The molecule has 0 N–H and O–H groups in total. The van der Waals surface area contributed by atoms with E-state index in [2.05, 4.69) is 20.8 Å². The normalized spacial score (nSPS) is 52.8. The number of hydrogen-bond acceptors (Lipinski definition) is 0. The zero-order chi connectivity index (χ0) is 8.77. The molecule has 4 unspecified atom stereocenters. The van der Waals surface area contributed by atoms with Crippen molar-refractivity contribution in [1.29, 1.82) is 0 Å². The number of fused-ring (bicyclic) bond motifs is 2.